The van der Waals surface area contributed by atoms with Crippen molar-refractivity contribution in [2.75, 3.05) is 39.5 Å². The Morgan fingerprint density at radius 3 is 2.33 bits per heavy atom. The van der Waals surface area contributed by atoms with Gasteiger partial charge in [0.05, 0.1) is 10.6 Å². The third-order valence-corrected chi connectivity index (χ3v) is 4.84. The van der Waals surface area contributed by atoms with E-state index >= 15 is 0 Å². The lowest BCUT2D eigenvalue weighted by atomic mass is 10.2. The number of sulfonamides is 1. The van der Waals surface area contributed by atoms with E-state index < -0.39 is 15.8 Å². The van der Waals surface area contributed by atoms with Gasteiger partial charge in [-0.05, 0) is 38.2 Å². The third-order valence-electron chi connectivity index (χ3n) is 2.98. The van der Waals surface area contributed by atoms with Crippen LogP contribution in [0, 0.1) is 11.7 Å². The van der Waals surface area contributed by atoms with Crippen molar-refractivity contribution >= 4 is 15.7 Å². The first-order chi connectivity index (χ1) is 9.64. The minimum atomic E-state index is -3.72. The molecule has 0 fully saturated rings. The van der Waals surface area contributed by atoms with Gasteiger partial charge in [0.2, 0.25) is 10.0 Å². The molecule has 0 aromatic heterocycles. The molecule has 0 saturated carbocycles. The molecule has 0 aliphatic heterocycles. The predicted molar refractivity (Wildman–Crippen MR) is 83.0 cm³/mol. The first kappa shape index (κ1) is 17.9. The molecular weight excluding hydrogens is 293 g/mol. The SMILES string of the molecule is CC(C)CN(CCN(C)C)S(=O)(=O)c1ccc(N)c(F)c1. The summed E-state index contributed by atoms with van der Waals surface area (Å²) >= 11 is 0. The number of halogens is 1. The van der Waals surface area contributed by atoms with E-state index in [9.17, 15) is 12.8 Å². The average molecular weight is 317 g/mol. The van der Waals surface area contributed by atoms with Crippen molar-refractivity contribution in [3.8, 4) is 0 Å². The summed E-state index contributed by atoms with van der Waals surface area (Å²) in [6.07, 6.45) is 0. The molecule has 0 atom stereocenters. The van der Waals surface area contributed by atoms with Gasteiger partial charge in [0.1, 0.15) is 5.82 Å². The van der Waals surface area contributed by atoms with Crippen LogP contribution in [0.4, 0.5) is 10.1 Å². The number of nitrogen functional groups attached to an aromatic ring is 1. The van der Waals surface area contributed by atoms with Gasteiger partial charge in [-0.25, -0.2) is 12.8 Å². The minimum Gasteiger partial charge on any atom is -0.396 e. The van der Waals surface area contributed by atoms with Gasteiger partial charge in [0.25, 0.3) is 0 Å². The van der Waals surface area contributed by atoms with Crippen molar-refractivity contribution in [1.29, 1.82) is 0 Å². The molecule has 5 nitrogen and oxygen atoms in total. The maximum Gasteiger partial charge on any atom is 0.243 e. The molecule has 0 aliphatic rings. The van der Waals surface area contributed by atoms with Crippen molar-refractivity contribution in [1.82, 2.24) is 9.21 Å². The summed E-state index contributed by atoms with van der Waals surface area (Å²) in [5.74, 6) is -0.534. The van der Waals surface area contributed by atoms with E-state index in [4.69, 9.17) is 5.73 Å². The van der Waals surface area contributed by atoms with Crippen LogP contribution in [-0.4, -0.2) is 51.4 Å². The molecule has 2 N–H and O–H groups in total. The molecule has 21 heavy (non-hydrogen) atoms. The highest BCUT2D eigenvalue weighted by Gasteiger charge is 2.25. The smallest absolute Gasteiger partial charge is 0.243 e. The first-order valence-corrected chi connectivity index (χ1v) is 8.28. The zero-order chi connectivity index (χ0) is 16.2. The Hall–Kier alpha value is -1.18. The fraction of sp³-hybridized carbons (Fsp3) is 0.571. The molecular formula is C14H24FN3O2S. The summed E-state index contributed by atoms with van der Waals surface area (Å²) in [6, 6.07) is 3.60. The first-order valence-electron chi connectivity index (χ1n) is 6.84. The largest absolute Gasteiger partial charge is 0.396 e. The third kappa shape index (κ3) is 4.94. The fourth-order valence-corrected chi connectivity index (χ4v) is 3.45. The lowest BCUT2D eigenvalue weighted by Gasteiger charge is -2.25. The fourth-order valence-electron chi connectivity index (χ4n) is 1.85. The van der Waals surface area contributed by atoms with Crippen molar-refractivity contribution in [3.05, 3.63) is 24.0 Å². The second-order valence-electron chi connectivity index (χ2n) is 5.74. The summed E-state index contributed by atoms with van der Waals surface area (Å²) < 4.78 is 40.2. The van der Waals surface area contributed by atoms with E-state index in [1.807, 2.05) is 32.8 Å². The summed E-state index contributed by atoms with van der Waals surface area (Å²) in [6.45, 7) is 5.24. The highest BCUT2D eigenvalue weighted by Crippen LogP contribution is 2.21. The van der Waals surface area contributed by atoms with Gasteiger partial charge in [-0.1, -0.05) is 13.8 Å². The van der Waals surface area contributed by atoms with Crippen LogP contribution in [0.3, 0.4) is 0 Å². The van der Waals surface area contributed by atoms with E-state index in [2.05, 4.69) is 0 Å². The molecule has 1 rings (SSSR count). The van der Waals surface area contributed by atoms with Crippen molar-refractivity contribution in [3.63, 3.8) is 0 Å². The molecule has 0 heterocycles. The van der Waals surface area contributed by atoms with Gasteiger partial charge in [0, 0.05) is 19.6 Å². The number of hydrogen-bond donors (Lipinski definition) is 1. The number of anilines is 1. The van der Waals surface area contributed by atoms with Crippen molar-refractivity contribution in [2.45, 2.75) is 18.7 Å². The van der Waals surface area contributed by atoms with E-state index in [-0.39, 0.29) is 16.5 Å². The Labute approximate surface area is 126 Å². The topological polar surface area (TPSA) is 66.6 Å². The van der Waals surface area contributed by atoms with Gasteiger partial charge in [-0.2, -0.15) is 4.31 Å². The van der Waals surface area contributed by atoms with Crippen LogP contribution in [0.25, 0.3) is 0 Å². The zero-order valence-corrected chi connectivity index (χ0v) is 13.8. The predicted octanol–water partition coefficient (Wildman–Crippen LogP) is 1.62. The maximum absolute atomic E-state index is 13.5. The molecule has 0 amide bonds. The monoisotopic (exact) mass is 317 g/mol. The quantitative estimate of drug-likeness (QED) is 0.776. The number of likely N-dealkylation sites (N-methyl/N-ethyl adjacent to an activating group) is 1. The standard InChI is InChI=1S/C14H24FN3O2S/c1-11(2)10-18(8-7-17(3)4)21(19,20)12-5-6-14(16)13(15)9-12/h5-6,9,11H,7-8,10,16H2,1-4H3. The molecule has 0 bridgehead atoms. The maximum atomic E-state index is 13.5. The van der Waals surface area contributed by atoms with Crippen LogP contribution in [0.2, 0.25) is 0 Å². The van der Waals surface area contributed by atoms with E-state index in [0.717, 1.165) is 6.07 Å². The minimum absolute atomic E-state index is 0.0577. The second-order valence-corrected chi connectivity index (χ2v) is 7.68. The van der Waals surface area contributed by atoms with Crippen molar-refractivity contribution < 1.29 is 12.8 Å². The van der Waals surface area contributed by atoms with Crippen LogP contribution in [0.1, 0.15) is 13.8 Å². The van der Waals surface area contributed by atoms with Gasteiger partial charge in [-0.15, -0.1) is 0 Å². The number of rotatable bonds is 7. The van der Waals surface area contributed by atoms with Crippen LogP contribution in [0.15, 0.2) is 23.1 Å². The van der Waals surface area contributed by atoms with Crippen LogP contribution >= 0.6 is 0 Å². The number of nitrogens with zero attached hydrogens (tertiary/aromatic N) is 2. The molecule has 120 valence electrons. The molecule has 0 spiro atoms. The summed E-state index contributed by atoms with van der Waals surface area (Å²) in [7, 11) is 0.0361. The summed E-state index contributed by atoms with van der Waals surface area (Å²) in [5, 5.41) is 0. The summed E-state index contributed by atoms with van der Waals surface area (Å²) in [4.78, 5) is 1.85. The highest BCUT2D eigenvalue weighted by atomic mass is 32.2. The second kappa shape index (κ2) is 7.20. The van der Waals surface area contributed by atoms with Crippen molar-refractivity contribution in [2.24, 2.45) is 5.92 Å². The Morgan fingerprint density at radius 1 is 1.24 bits per heavy atom. The molecule has 1 aromatic carbocycles. The Morgan fingerprint density at radius 2 is 1.86 bits per heavy atom. The van der Waals surface area contributed by atoms with Crippen LogP contribution in [0.5, 0.6) is 0 Å². The molecule has 0 saturated heterocycles. The average Bonchev–Trinajstić information content (AvgIpc) is 2.36. The number of hydrogen-bond acceptors (Lipinski definition) is 4. The Balaban J connectivity index is 3.09. The lowest BCUT2D eigenvalue weighted by Crippen LogP contribution is -2.39. The van der Waals surface area contributed by atoms with Crippen LogP contribution < -0.4 is 5.73 Å². The van der Waals surface area contributed by atoms with E-state index in [1.54, 1.807) is 0 Å². The molecule has 0 unspecified atom stereocenters. The van der Waals surface area contributed by atoms with Gasteiger partial charge >= 0.3 is 0 Å². The van der Waals surface area contributed by atoms with Gasteiger partial charge in [-0.3, -0.25) is 0 Å². The van der Waals surface area contributed by atoms with Gasteiger partial charge in [0.15, 0.2) is 0 Å². The van der Waals surface area contributed by atoms with E-state index in [1.165, 1.54) is 16.4 Å². The Kier molecular flexibility index (Phi) is 6.12. The molecule has 7 heteroatoms. The summed E-state index contributed by atoms with van der Waals surface area (Å²) in [5.41, 5.74) is 5.34. The van der Waals surface area contributed by atoms with E-state index in [0.29, 0.717) is 19.6 Å². The lowest BCUT2D eigenvalue weighted by molar-refractivity contribution is 0.312. The highest BCUT2D eigenvalue weighted by molar-refractivity contribution is 7.89. The molecule has 0 aliphatic carbocycles. The Bertz CT molecular complexity index is 574. The zero-order valence-electron chi connectivity index (χ0n) is 13.0. The molecule has 0 radical (unpaired) electrons. The van der Waals surface area contributed by atoms with Gasteiger partial charge < -0.3 is 10.6 Å². The van der Waals surface area contributed by atoms with Crippen LogP contribution in [-0.2, 0) is 10.0 Å². The number of benzene rings is 1. The number of nitrogens with two attached hydrogens (primary N) is 1. The molecule has 1 aromatic rings. The normalized spacial score (nSPS) is 12.6.